The summed E-state index contributed by atoms with van der Waals surface area (Å²) in [6, 6.07) is 26.8. The molecule has 0 bridgehead atoms. The fourth-order valence-electron chi connectivity index (χ4n) is 6.48. The fraction of sp³-hybridized carbons (Fsp3) is 0.205. The Morgan fingerprint density at radius 3 is 2.47 bits per heavy atom. The Balaban J connectivity index is 1.27. The highest BCUT2D eigenvalue weighted by Crippen LogP contribution is 2.36. The van der Waals surface area contributed by atoms with E-state index in [1.807, 2.05) is 0 Å². The Bertz CT molecular complexity index is 2340. The Kier molecular flexibility index (Phi) is 10.4. The van der Waals surface area contributed by atoms with Crippen LogP contribution in [-0.2, 0) is 11.4 Å². The molecule has 0 spiro atoms. The minimum Gasteiger partial charge on any atom is -0.487 e. The number of halogens is 1. The number of hydrogen-bond donors (Lipinski definition) is 1. The normalized spacial score (nSPS) is 13.7. The van der Waals surface area contributed by atoms with Crippen molar-refractivity contribution in [3.8, 4) is 11.4 Å². The number of non-ortho nitro benzene ring substituents is 1. The van der Waals surface area contributed by atoms with Crippen LogP contribution < -0.4 is 20.6 Å². The van der Waals surface area contributed by atoms with Gasteiger partial charge in [-0.15, -0.1) is 5.10 Å². The van der Waals surface area contributed by atoms with Gasteiger partial charge >= 0.3 is 5.63 Å². The lowest BCUT2D eigenvalue weighted by molar-refractivity contribution is -0.384. The number of nitrogens with zero attached hydrogens (tertiary/aromatic N) is 5. The molecule has 4 aromatic carbocycles. The van der Waals surface area contributed by atoms with E-state index in [-0.39, 0.29) is 23.9 Å². The number of amides is 2. The molecule has 1 unspecified atom stereocenters. The molecule has 6 aromatic rings. The summed E-state index contributed by atoms with van der Waals surface area (Å²) in [4.78, 5) is 54.7. The number of aromatic nitrogens is 3. The maximum Gasteiger partial charge on any atom is 0.349 e. The van der Waals surface area contributed by atoms with E-state index >= 15 is 0 Å². The number of nitrogens with one attached hydrogen (secondary N) is 1. The summed E-state index contributed by atoms with van der Waals surface area (Å²) in [7, 11) is 0. The van der Waals surface area contributed by atoms with E-state index in [9.17, 15) is 24.5 Å². The third-order valence-electron chi connectivity index (χ3n) is 9.09. The Morgan fingerprint density at radius 1 is 0.981 bits per heavy atom. The zero-order valence-electron chi connectivity index (χ0n) is 28.3. The van der Waals surface area contributed by atoms with Gasteiger partial charge in [0, 0.05) is 39.3 Å². The number of hydrogen-bond acceptors (Lipinski definition) is 9. The van der Waals surface area contributed by atoms with Gasteiger partial charge in [0.2, 0.25) is 5.91 Å². The van der Waals surface area contributed by atoms with Gasteiger partial charge in [0.05, 0.1) is 16.8 Å². The molecule has 268 valence electrons. The highest BCUT2D eigenvalue weighted by Gasteiger charge is 2.37. The molecule has 14 heteroatoms. The second kappa shape index (κ2) is 15.6. The van der Waals surface area contributed by atoms with Crippen molar-refractivity contribution < 1.29 is 23.7 Å². The molecule has 1 fully saturated rings. The maximum absolute atomic E-state index is 14.8. The molecule has 2 heterocycles. The second-order valence-electron chi connectivity index (χ2n) is 12.6. The minimum absolute atomic E-state index is 0.0475. The van der Waals surface area contributed by atoms with Crippen molar-refractivity contribution in [1.82, 2.24) is 20.3 Å². The zero-order chi connectivity index (χ0) is 36.9. The van der Waals surface area contributed by atoms with E-state index in [0.717, 1.165) is 36.6 Å². The number of carbonyl (C=O) groups is 2. The third kappa shape index (κ3) is 7.87. The van der Waals surface area contributed by atoms with E-state index in [4.69, 9.17) is 9.15 Å². The van der Waals surface area contributed by atoms with Crippen LogP contribution in [0.1, 0.15) is 59.8 Å². The number of rotatable bonds is 11. The molecule has 13 nitrogen and oxygen atoms in total. The van der Waals surface area contributed by atoms with Crippen LogP contribution in [0.3, 0.4) is 0 Å². The summed E-state index contributed by atoms with van der Waals surface area (Å²) >= 11 is 3.44. The number of ether oxygens (including phenoxy) is 1. The van der Waals surface area contributed by atoms with E-state index in [0.29, 0.717) is 39.4 Å². The molecule has 0 radical (unpaired) electrons. The number of fused-ring (bicyclic) bond motifs is 1. The Morgan fingerprint density at radius 2 is 1.72 bits per heavy atom. The van der Waals surface area contributed by atoms with Gasteiger partial charge in [-0.1, -0.05) is 76.8 Å². The number of nitro benzene ring substituents is 1. The quantitative estimate of drug-likeness (QED) is 0.0800. The van der Waals surface area contributed by atoms with Gasteiger partial charge in [-0.25, -0.2) is 9.48 Å². The topological polar surface area (TPSA) is 163 Å². The van der Waals surface area contributed by atoms with Crippen molar-refractivity contribution in [2.45, 2.75) is 50.8 Å². The average molecular weight is 778 g/mol. The molecule has 1 atom stereocenters. The molecule has 1 N–H and O–H groups in total. The summed E-state index contributed by atoms with van der Waals surface area (Å²) in [6.07, 6.45) is 6.29. The zero-order valence-corrected chi connectivity index (χ0v) is 29.8. The largest absolute Gasteiger partial charge is 0.487 e. The summed E-state index contributed by atoms with van der Waals surface area (Å²) in [5, 5.41) is 23.2. The first-order valence-electron chi connectivity index (χ1n) is 17.1. The van der Waals surface area contributed by atoms with Crippen LogP contribution in [0.15, 0.2) is 123 Å². The highest BCUT2D eigenvalue weighted by molar-refractivity contribution is 9.10. The van der Waals surface area contributed by atoms with E-state index in [1.165, 1.54) is 27.8 Å². The van der Waals surface area contributed by atoms with Crippen molar-refractivity contribution in [1.29, 1.82) is 0 Å². The molecule has 2 amide bonds. The molecular weight excluding hydrogens is 744 g/mol. The lowest BCUT2D eigenvalue weighted by Gasteiger charge is -2.34. The van der Waals surface area contributed by atoms with E-state index < -0.39 is 28.4 Å². The first kappa shape index (κ1) is 35.3. The Hall–Kier alpha value is -6.15. The number of nitro groups is 1. The SMILES string of the molecule is O=C(NC1CCCCC1)C(c1ccccc1OCc1cn(-c2ccc([N+](=O)[O-])cc2)nn1)N(C(=O)c1cc2cc(Br)ccc2oc1=O)c1ccccc1. The molecule has 0 aliphatic heterocycles. The Labute approximate surface area is 311 Å². The number of benzene rings is 4. The maximum atomic E-state index is 14.8. The standard InChI is InChI=1S/C39H33BrN6O7/c40-26-15-20-34-25(21-26)22-33(39(49)53-34)38(48)45(30-11-5-2-6-12-30)36(37(47)41-27-9-3-1-4-10-27)32-13-7-8-14-35(32)52-24-28-23-44(43-42-28)29-16-18-31(19-17-29)46(50)51/h2,5-8,11-23,27,36H,1,3-4,9-10,24H2,(H,41,47). The molecule has 1 aliphatic rings. The summed E-state index contributed by atoms with van der Waals surface area (Å²) in [6.45, 7) is -0.0522. The summed E-state index contributed by atoms with van der Waals surface area (Å²) in [5.74, 6) is -0.844. The van der Waals surface area contributed by atoms with Crippen LogP contribution in [0.2, 0.25) is 0 Å². The van der Waals surface area contributed by atoms with Crippen LogP contribution in [-0.4, -0.2) is 37.8 Å². The first-order chi connectivity index (χ1) is 25.7. The smallest absolute Gasteiger partial charge is 0.349 e. The molecule has 1 aliphatic carbocycles. The van der Waals surface area contributed by atoms with Gasteiger partial charge in [0.15, 0.2) is 0 Å². The van der Waals surface area contributed by atoms with Gasteiger partial charge in [0.25, 0.3) is 11.6 Å². The highest BCUT2D eigenvalue weighted by atomic mass is 79.9. The predicted molar refractivity (Wildman–Crippen MR) is 200 cm³/mol. The summed E-state index contributed by atoms with van der Waals surface area (Å²) in [5.41, 5.74) is 0.971. The minimum atomic E-state index is -1.27. The monoisotopic (exact) mass is 776 g/mol. The molecular formula is C39H33BrN6O7. The number of para-hydroxylation sites is 2. The van der Waals surface area contributed by atoms with Gasteiger partial charge in [-0.2, -0.15) is 0 Å². The predicted octanol–water partition coefficient (Wildman–Crippen LogP) is 7.46. The summed E-state index contributed by atoms with van der Waals surface area (Å²) < 4.78 is 14.1. The first-order valence-corrected chi connectivity index (χ1v) is 17.8. The molecule has 53 heavy (non-hydrogen) atoms. The van der Waals surface area contributed by atoms with Crippen molar-refractivity contribution in [2.24, 2.45) is 0 Å². The van der Waals surface area contributed by atoms with Crippen molar-refractivity contribution in [3.63, 3.8) is 0 Å². The van der Waals surface area contributed by atoms with E-state index in [1.54, 1.807) is 91.1 Å². The van der Waals surface area contributed by atoms with Crippen LogP contribution in [0, 0.1) is 10.1 Å². The van der Waals surface area contributed by atoms with Crippen LogP contribution >= 0.6 is 15.9 Å². The van der Waals surface area contributed by atoms with Crippen molar-refractivity contribution >= 4 is 50.1 Å². The van der Waals surface area contributed by atoms with E-state index in [2.05, 4.69) is 31.6 Å². The van der Waals surface area contributed by atoms with Crippen LogP contribution in [0.5, 0.6) is 5.75 Å². The average Bonchev–Trinajstić information content (AvgIpc) is 3.66. The molecule has 0 saturated heterocycles. The van der Waals surface area contributed by atoms with Gasteiger partial charge in [0.1, 0.15) is 35.2 Å². The molecule has 1 saturated carbocycles. The van der Waals surface area contributed by atoms with Crippen LogP contribution in [0.25, 0.3) is 16.7 Å². The third-order valence-corrected chi connectivity index (χ3v) is 9.58. The van der Waals surface area contributed by atoms with Gasteiger partial charge in [-0.05, 0) is 67.4 Å². The van der Waals surface area contributed by atoms with Gasteiger partial charge in [-0.3, -0.25) is 24.6 Å². The lowest BCUT2D eigenvalue weighted by Crippen LogP contribution is -2.48. The van der Waals surface area contributed by atoms with Crippen molar-refractivity contribution in [3.05, 3.63) is 151 Å². The molecule has 2 aromatic heterocycles. The lowest BCUT2D eigenvalue weighted by atomic mass is 9.94. The van der Waals surface area contributed by atoms with Gasteiger partial charge < -0.3 is 14.5 Å². The number of carbonyl (C=O) groups excluding carboxylic acids is 2. The number of anilines is 1. The fourth-order valence-corrected chi connectivity index (χ4v) is 6.86. The van der Waals surface area contributed by atoms with Crippen LogP contribution in [0.4, 0.5) is 11.4 Å². The second-order valence-corrected chi connectivity index (χ2v) is 13.6. The molecule has 7 rings (SSSR count). The van der Waals surface area contributed by atoms with Crippen molar-refractivity contribution in [2.75, 3.05) is 4.90 Å².